The summed E-state index contributed by atoms with van der Waals surface area (Å²) in [5, 5.41) is 3.85. The highest BCUT2D eigenvalue weighted by atomic mass is 35.5. The highest BCUT2D eigenvalue weighted by Gasteiger charge is 2.02. The normalized spacial score (nSPS) is 10.6. The molecule has 0 unspecified atom stereocenters. The van der Waals surface area contributed by atoms with Gasteiger partial charge in [0.05, 0.1) is 7.11 Å². The van der Waals surface area contributed by atoms with Crippen molar-refractivity contribution in [3.05, 3.63) is 64.4 Å². The summed E-state index contributed by atoms with van der Waals surface area (Å²) in [5.41, 5.74) is 2.00. The maximum atomic E-state index is 13.1. The van der Waals surface area contributed by atoms with Crippen LogP contribution in [0.3, 0.4) is 0 Å². The summed E-state index contributed by atoms with van der Waals surface area (Å²) in [7, 11) is 1.65. The van der Waals surface area contributed by atoms with E-state index in [0.717, 1.165) is 24.3 Å². The fourth-order valence-corrected chi connectivity index (χ4v) is 2.11. The summed E-state index contributed by atoms with van der Waals surface area (Å²) in [4.78, 5) is 0. The Hall–Kier alpha value is -1.58. The average Bonchev–Trinajstić information content (AvgIpc) is 2.47. The fraction of sp³-hybridized carbons (Fsp3) is 0.250. The fourth-order valence-electron chi connectivity index (χ4n) is 1.93. The van der Waals surface area contributed by atoms with Crippen LogP contribution in [0.15, 0.2) is 42.5 Å². The molecule has 0 saturated heterocycles. The van der Waals surface area contributed by atoms with E-state index in [-0.39, 0.29) is 5.82 Å². The molecule has 0 amide bonds. The van der Waals surface area contributed by atoms with Crippen LogP contribution >= 0.6 is 11.6 Å². The Morgan fingerprint density at radius 3 is 2.60 bits per heavy atom. The summed E-state index contributed by atoms with van der Waals surface area (Å²) in [6, 6.07) is 12.4. The first kappa shape index (κ1) is 14.8. The molecule has 2 aromatic rings. The van der Waals surface area contributed by atoms with Gasteiger partial charge in [0.15, 0.2) is 0 Å². The molecule has 20 heavy (non-hydrogen) atoms. The quantitative estimate of drug-likeness (QED) is 0.818. The highest BCUT2D eigenvalue weighted by molar-refractivity contribution is 6.31. The molecule has 106 valence electrons. The van der Waals surface area contributed by atoms with Gasteiger partial charge in [0.25, 0.3) is 0 Å². The molecule has 0 saturated carbocycles. The van der Waals surface area contributed by atoms with Gasteiger partial charge in [-0.3, -0.25) is 0 Å². The van der Waals surface area contributed by atoms with Crippen LogP contribution in [0.5, 0.6) is 5.75 Å². The van der Waals surface area contributed by atoms with Gasteiger partial charge in [0.1, 0.15) is 11.6 Å². The molecule has 0 aliphatic heterocycles. The Kier molecular flexibility index (Phi) is 5.39. The van der Waals surface area contributed by atoms with Crippen molar-refractivity contribution in [1.29, 1.82) is 0 Å². The summed E-state index contributed by atoms with van der Waals surface area (Å²) < 4.78 is 18.2. The Morgan fingerprint density at radius 1 is 1.15 bits per heavy atom. The number of nitrogens with one attached hydrogen (secondary N) is 1. The van der Waals surface area contributed by atoms with Crippen LogP contribution in [0, 0.1) is 5.82 Å². The van der Waals surface area contributed by atoms with Gasteiger partial charge in [-0.05, 0) is 54.4 Å². The smallest absolute Gasteiger partial charge is 0.123 e. The molecule has 0 radical (unpaired) electrons. The van der Waals surface area contributed by atoms with Crippen LogP contribution in [0.25, 0.3) is 0 Å². The van der Waals surface area contributed by atoms with Crippen molar-refractivity contribution in [1.82, 2.24) is 5.32 Å². The predicted molar refractivity (Wildman–Crippen MR) is 79.8 cm³/mol. The lowest BCUT2D eigenvalue weighted by Crippen LogP contribution is -2.17. The standard InChI is InChI=1S/C16H17ClFNO/c1-20-15-5-2-12(3-6-15)8-9-19-11-13-10-14(18)4-7-16(13)17/h2-7,10,19H,8-9,11H2,1H3. The van der Waals surface area contributed by atoms with E-state index >= 15 is 0 Å². The van der Waals surface area contributed by atoms with E-state index in [1.807, 2.05) is 24.3 Å². The topological polar surface area (TPSA) is 21.3 Å². The third-order valence-electron chi connectivity index (χ3n) is 3.07. The lowest BCUT2D eigenvalue weighted by molar-refractivity contribution is 0.414. The van der Waals surface area contributed by atoms with Crippen LogP contribution < -0.4 is 10.1 Å². The van der Waals surface area contributed by atoms with Crippen molar-refractivity contribution < 1.29 is 9.13 Å². The third kappa shape index (κ3) is 4.22. The highest BCUT2D eigenvalue weighted by Crippen LogP contribution is 2.16. The molecule has 0 bridgehead atoms. The van der Waals surface area contributed by atoms with E-state index in [9.17, 15) is 4.39 Å². The molecular weight excluding hydrogens is 277 g/mol. The second kappa shape index (κ2) is 7.27. The van der Waals surface area contributed by atoms with Crippen LogP contribution in [0.4, 0.5) is 4.39 Å². The van der Waals surface area contributed by atoms with E-state index in [4.69, 9.17) is 16.3 Å². The first-order chi connectivity index (χ1) is 9.69. The van der Waals surface area contributed by atoms with E-state index in [0.29, 0.717) is 11.6 Å². The van der Waals surface area contributed by atoms with Crippen LogP contribution in [0.1, 0.15) is 11.1 Å². The second-order valence-electron chi connectivity index (χ2n) is 4.51. The largest absolute Gasteiger partial charge is 0.497 e. The molecule has 0 heterocycles. The minimum atomic E-state index is -0.263. The summed E-state index contributed by atoms with van der Waals surface area (Å²) in [6.07, 6.45) is 0.900. The van der Waals surface area contributed by atoms with Gasteiger partial charge in [-0.2, -0.15) is 0 Å². The van der Waals surface area contributed by atoms with Gasteiger partial charge in [0, 0.05) is 11.6 Å². The first-order valence-electron chi connectivity index (χ1n) is 6.46. The zero-order chi connectivity index (χ0) is 14.4. The molecule has 0 aliphatic rings. The van der Waals surface area contributed by atoms with E-state index < -0.39 is 0 Å². The molecule has 2 rings (SSSR count). The maximum absolute atomic E-state index is 13.1. The zero-order valence-corrected chi connectivity index (χ0v) is 12.1. The zero-order valence-electron chi connectivity index (χ0n) is 11.3. The molecule has 2 aromatic carbocycles. The van der Waals surface area contributed by atoms with Gasteiger partial charge < -0.3 is 10.1 Å². The minimum absolute atomic E-state index is 0.263. The van der Waals surface area contributed by atoms with E-state index in [2.05, 4.69) is 5.32 Å². The van der Waals surface area contributed by atoms with E-state index in [1.165, 1.54) is 17.7 Å². The lowest BCUT2D eigenvalue weighted by atomic mass is 10.1. The number of rotatable bonds is 6. The summed E-state index contributed by atoms with van der Waals surface area (Å²) in [5.74, 6) is 0.592. The Labute approximate surface area is 123 Å². The number of ether oxygens (including phenoxy) is 1. The van der Waals surface area contributed by atoms with Crippen LogP contribution in [-0.4, -0.2) is 13.7 Å². The van der Waals surface area contributed by atoms with Crippen molar-refractivity contribution in [3.63, 3.8) is 0 Å². The van der Waals surface area contributed by atoms with Gasteiger partial charge in [-0.15, -0.1) is 0 Å². The van der Waals surface area contributed by atoms with Crippen LogP contribution in [0.2, 0.25) is 5.02 Å². The van der Waals surface area contributed by atoms with Crippen LogP contribution in [-0.2, 0) is 13.0 Å². The Balaban J connectivity index is 1.79. The Bertz CT molecular complexity index is 557. The Morgan fingerprint density at radius 2 is 1.90 bits per heavy atom. The van der Waals surface area contributed by atoms with Crippen molar-refractivity contribution in [2.75, 3.05) is 13.7 Å². The molecule has 0 atom stereocenters. The monoisotopic (exact) mass is 293 g/mol. The molecule has 2 nitrogen and oxygen atoms in total. The molecule has 1 N–H and O–H groups in total. The van der Waals surface area contributed by atoms with Gasteiger partial charge >= 0.3 is 0 Å². The van der Waals surface area contributed by atoms with Gasteiger partial charge in [-0.25, -0.2) is 4.39 Å². The molecule has 0 fully saturated rings. The maximum Gasteiger partial charge on any atom is 0.123 e. The molecular formula is C16H17ClFNO. The number of benzene rings is 2. The SMILES string of the molecule is COc1ccc(CCNCc2cc(F)ccc2Cl)cc1. The summed E-state index contributed by atoms with van der Waals surface area (Å²) >= 11 is 6.00. The molecule has 0 aromatic heterocycles. The second-order valence-corrected chi connectivity index (χ2v) is 4.92. The predicted octanol–water partition coefficient (Wildman–Crippen LogP) is 3.82. The van der Waals surface area contributed by atoms with Crippen molar-refractivity contribution >= 4 is 11.6 Å². The summed E-state index contributed by atoms with van der Waals surface area (Å²) in [6.45, 7) is 1.37. The number of methoxy groups -OCH3 is 1. The van der Waals surface area contributed by atoms with Gasteiger partial charge in [0.2, 0.25) is 0 Å². The molecule has 0 spiro atoms. The van der Waals surface area contributed by atoms with Crippen molar-refractivity contribution in [2.24, 2.45) is 0 Å². The third-order valence-corrected chi connectivity index (χ3v) is 3.44. The van der Waals surface area contributed by atoms with Gasteiger partial charge in [-0.1, -0.05) is 23.7 Å². The van der Waals surface area contributed by atoms with E-state index in [1.54, 1.807) is 13.2 Å². The van der Waals surface area contributed by atoms with Crippen molar-refractivity contribution in [2.45, 2.75) is 13.0 Å². The number of halogens is 2. The average molecular weight is 294 g/mol. The lowest BCUT2D eigenvalue weighted by Gasteiger charge is -2.07. The number of hydrogen-bond acceptors (Lipinski definition) is 2. The molecule has 0 aliphatic carbocycles. The molecule has 4 heteroatoms. The van der Waals surface area contributed by atoms with Crippen molar-refractivity contribution in [3.8, 4) is 5.75 Å². The first-order valence-corrected chi connectivity index (χ1v) is 6.84. The number of hydrogen-bond donors (Lipinski definition) is 1. The minimum Gasteiger partial charge on any atom is -0.497 e.